The van der Waals surface area contributed by atoms with Crippen molar-refractivity contribution in [2.45, 2.75) is 12.5 Å². The highest BCUT2D eigenvalue weighted by molar-refractivity contribution is 5.25. The minimum atomic E-state index is -0.591. The summed E-state index contributed by atoms with van der Waals surface area (Å²) in [7, 11) is 0. The molecule has 0 aliphatic rings. The Kier molecular flexibility index (Phi) is 4.02. The quantitative estimate of drug-likeness (QED) is 0.645. The maximum Gasteiger partial charge on any atom is 0.130 e. The number of hydrazine groups is 1. The second-order valence-electron chi connectivity index (χ2n) is 4.07. The van der Waals surface area contributed by atoms with Crippen LogP contribution in [0.3, 0.4) is 0 Å². The number of hydrogen-bond acceptors (Lipinski definition) is 2. The zero-order chi connectivity index (χ0) is 13.0. The summed E-state index contributed by atoms with van der Waals surface area (Å²) in [5, 5.41) is 0. The molecule has 0 aliphatic heterocycles. The number of rotatable bonds is 4. The van der Waals surface area contributed by atoms with Crippen molar-refractivity contribution in [3.63, 3.8) is 0 Å². The Morgan fingerprint density at radius 1 is 1.06 bits per heavy atom. The highest BCUT2D eigenvalue weighted by Crippen LogP contribution is 2.21. The molecule has 2 aromatic rings. The predicted molar refractivity (Wildman–Crippen MR) is 66.6 cm³/mol. The molecule has 4 heteroatoms. The van der Waals surface area contributed by atoms with Gasteiger partial charge in [-0.05, 0) is 18.1 Å². The molecule has 0 fully saturated rings. The van der Waals surface area contributed by atoms with Crippen LogP contribution in [0.1, 0.15) is 17.2 Å². The van der Waals surface area contributed by atoms with Gasteiger partial charge in [0.1, 0.15) is 11.6 Å². The van der Waals surface area contributed by atoms with E-state index < -0.39 is 11.6 Å². The van der Waals surface area contributed by atoms with Crippen LogP contribution in [-0.4, -0.2) is 0 Å². The summed E-state index contributed by atoms with van der Waals surface area (Å²) in [6, 6.07) is 12.7. The van der Waals surface area contributed by atoms with Crippen LogP contribution in [-0.2, 0) is 6.42 Å². The largest absolute Gasteiger partial charge is 0.271 e. The fourth-order valence-electron chi connectivity index (χ4n) is 1.89. The average Bonchev–Trinajstić information content (AvgIpc) is 2.38. The number of nitrogens with one attached hydrogen (secondary N) is 1. The van der Waals surface area contributed by atoms with E-state index in [1.165, 1.54) is 12.1 Å². The van der Waals surface area contributed by atoms with Crippen LogP contribution in [0.4, 0.5) is 8.78 Å². The zero-order valence-electron chi connectivity index (χ0n) is 9.74. The molecule has 0 amide bonds. The third-order valence-corrected chi connectivity index (χ3v) is 2.82. The predicted octanol–water partition coefficient (Wildman–Crippen LogP) is 2.71. The third-order valence-electron chi connectivity index (χ3n) is 2.82. The lowest BCUT2D eigenvalue weighted by Crippen LogP contribution is -2.30. The maximum atomic E-state index is 13.7. The topological polar surface area (TPSA) is 38.0 Å². The van der Waals surface area contributed by atoms with Gasteiger partial charge in [-0.25, -0.2) is 8.78 Å². The van der Waals surface area contributed by atoms with Gasteiger partial charge in [0.2, 0.25) is 0 Å². The molecular formula is C14H14F2N2. The zero-order valence-corrected chi connectivity index (χ0v) is 9.74. The lowest BCUT2D eigenvalue weighted by molar-refractivity contribution is 0.502. The Morgan fingerprint density at radius 2 is 1.78 bits per heavy atom. The summed E-state index contributed by atoms with van der Waals surface area (Å²) in [6.07, 6.45) is 0.542. The second-order valence-corrected chi connectivity index (χ2v) is 4.07. The van der Waals surface area contributed by atoms with E-state index in [9.17, 15) is 8.78 Å². The Hall–Kier alpha value is -1.78. The second kappa shape index (κ2) is 5.71. The molecule has 0 aromatic heterocycles. The van der Waals surface area contributed by atoms with Crippen LogP contribution < -0.4 is 11.3 Å². The number of nitrogens with two attached hydrogens (primary N) is 1. The van der Waals surface area contributed by atoms with Crippen molar-refractivity contribution in [3.8, 4) is 0 Å². The van der Waals surface area contributed by atoms with Crippen molar-refractivity contribution in [2.75, 3.05) is 0 Å². The number of benzene rings is 2. The Morgan fingerprint density at radius 3 is 2.39 bits per heavy atom. The van der Waals surface area contributed by atoms with Crippen molar-refractivity contribution in [3.05, 3.63) is 71.3 Å². The lowest BCUT2D eigenvalue weighted by atomic mass is 9.99. The Labute approximate surface area is 104 Å². The SMILES string of the molecule is NNC(Cc1ccccc1)c1ccc(F)cc1F. The number of hydrogen-bond donors (Lipinski definition) is 2. The first kappa shape index (κ1) is 12.7. The van der Waals surface area contributed by atoms with Crippen LogP contribution in [0.2, 0.25) is 0 Å². The van der Waals surface area contributed by atoms with Crippen molar-refractivity contribution < 1.29 is 8.78 Å². The monoisotopic (exact) mass is 248 g/mol. The molecule has 94 valence electrons. The molecular weight excluding hydrogens is 234 g/mol. The molecule has 1 atom stereocenters. The molecule has 2 rings (SSSR count). The third kappa shape index (κ3) is 2.91. The van der Waals surface area contributed by atoms with Gasteiger partial charge in [0.15, 0.2) is 0 Å². The van der Waals surface area contributed by atoms with E-state index in [2.05, 4.69) is 5.43 Å². The van der Waals surface area contributed by atoms with Crippen molar-refractivity contribution in [2.24, 2.45) is 5.84 Å². The lowest BCUT2D eigenvalue weighted by Gasteiger charge is -2.17. The van der Waals surface area contributed by atoms with Crippen LogP contribution in [0.15, 0.2) is 48.5 Å². The van der Waals surface area contributed by atoms with Crippen LogP contribution in [0, 0.1) is 11.6 Å². The van der Waals surface area contributed by atoms with E-state index in [4.69, 9.17) is 5.84 Å². The van der Waals surface area contributed by atoms with Crippen molar-refractivity contribution >= 4 is 0 Å². The van der Waals surface area contributed by atoms with E-state index in [-0.39, 0.29) is 6.04 Å². The first-order valence-electron chi connectivity index (χ1n) is 5.65. The van der Waals surface area contributed by atoms with Gasteiger partial charge in [0, 0.05) is 11.6 Å². The summed E-state index contributed by atoms with van der Waals surface area (Å²) in [5.74, 6) is 4.27. The first-order chi connectivity index (χ1) is 8.70. The van der Waals surface area contributed by atoms with E-state index in [1.807, 2.05) is 30.3 Å². The molecule has 2 nitrogen and oxygen atoms in total. The highest BCUT2D eigenvalue weighted by Gasteiger charge is 2.15. The van der Waals surface area contributed by atoms with Gasteiger partial charge >= 0.3 is 0 Å². The minimum Gasteiger partial charge on any atom is -0.271 e. The fourth-order valence-corrected chi connectivity index (χ4v) is 1.89. The molecule has 0 heterocycles. The molecule has 0 bridgehead atoms. The standard InChI is InChI=1S/C14H14F2N2/c15-11-6-7-12(13(16)9-11)14(18-17)8-10-4-2-1-3-5-10/h1-7,9,14,18H,8,17H2. The van der Waals surface area contributed by atoms with Gasteiger partial charge in [0.25, 0.3) is 0 Å². The molecule has 0 saturated carbocycles. The number of halogens is 2. The molecule has 0 aliphatic carbocycles. The Balaban J connectivity index is 2.23. The van der Waals surface area contributed by atoms with Gasteiger partial charge in [-0.1, -0.05) is 36.4 Å². The molecule has 1 unspecified atom stereocenters. The van der Waals surface area contributed by atoms with Gasteiger partial charge in [-0.3, -0.25) is 11.3 Å². The summed E-state index contributed by atoms with van der Waals surface area (Å²) in [6.45, 7) is 0. The molecule has 0 saturated heterocycles. The Bertz CT molecular complexity index is 514. The fraction of sp³-hybridized carbons (Fsp3) is 0.143. The summed E-state index contributed by atoms with van der Waals surface area (Å²) in [4.78, 5) is 0. The van der Waals surface area contributed by atoms with Crippen LogP contribution in [0.25, 0.3) is 0 Å². The molecule has 0 radical (unpaired) electrons. The van der Waals surface area contributed by atoms with E-state index >= 15 is 0 Å². The van der Waals surface area contributed by atoms with E-state index in [0.717, 1.165) is 11.6 Å². The molecule has 0 spiro atoms. The van der Waals surface area contributed by atoms with Gasteiger partial charge in [-0.15, -0.1) is 0 Å². The molecule has 3 N–H and O–H groups in total. The van der Waals surface area contributed by atoms with Gasteiger partial charge in [-0.2, -0.15) is 0 Å². The minimum absolute atomic E-state index is 0.364. The van der Waals surface area contributed by atoms with E-state index in [1.54, 1.807) is 0 Å². The summed E-state index contributed by atoms with van der Waals surface area (Å²) < 4.78 is 26.5. The molecule has 2 aromatic carbocycles. The van der Waals surface area contributed by atoms with Crippen LogP contribution >= 0.6 is 0 Å². The first-order valence-corrected chi connectivity index (χ1v) is 5.65. The smallest absolute Gasteiger partial charge is 0.130 e. The maximum absolute atomic E-state index is 13.7. The average molecular weight is 248 g/mol. The molecule has 18 heavy (non-hydrogen) atoms. The normalized spacial score (nSPS) is 12.4. The summed E-state index contributed by atoms with van der Waals surface area (Å²) >= 11 is 0. The summed E-state index contributed by atoms with van der Waals surface area (Å²) in [5.41, 5.74) is 3.96. The van der Waals surface area contributed by atoms with E-state index in [0.29, 0.717) is 12.0 Å². The van der Waals surface area contributed by atoms with Crippen molar-refractivity contribution in [1.82, 2.24) is 5.43 Å². The van der Waals surface area contributed by atoms with Gasteiger partial charge < -0.3 is 0 Å². The van der Waals surface area contributed by atoms with Crippen molar-refractivity contribution in [1.29, 1.82) is 0 Å². The van der Waals surface area contributed by atoms with Crippen LogP contribution in [0.5, 0.6) is 0 Å². The highest BCUT2D eigenvalue weighted by atomic mass is 19.1. The van der Waals surface area contributed by atoms with Gasteiger partial charge in [0.05, 0.1) is 6.04 Å².